The van der Waals surface area contributed by atoms with Crippen LogP contribution in [0.25, 0.3) is 21.3 Å². The summed E-state index contributed by atoms with van der Waals surface area (Å²) in [4.78, 5) is 23.2. The number of hydrogen-bond acceptors (Lipinski definition) is 8. The predicted octanol–water partition coefficient (Wildman–Crippen LogP) is 3.99. The maximum atomic E-state index is 12.9. The van der Waals surface area contributed by atoms with E-state index in [1.165, 1.54) is 21.3 Å². The van der Waals surface area contributed by atoms with Crippen LogP contribution in [0.2, 0.25) is 0 Å². The van der Waals surface area contributed by atoms with E-state index >= 15 is 0 Å². The standard InChI is InChI=1S/C19H17N5OS3/c1-26-15-3-2-4-16-17(15)20-19(27-16)24-9-7-23(8-10-24)18(25)12-5-6-13-14(11-12)22-28-21-13/h2-6,11H,7-10H2,1H3. The first-order valence-corrected chi connectivity index (χ1v) is 11.7. The molecule has 3 heterocycles. The van der Waals surface area contributed by atoms with Gasteiger partial charge < -0.3 is 9.80 Å². The summed E-state index contributed by atoms with van der Waals surface area (Å²) in [6.07, 6.45) is 2.08. The first-order valence-electron chi connectivity index (χ1n) is 8.93. The lowest BCUT2D eigenvalue weighted by atomic mass is 10.1. The fraction of sp³-hybridized carbons (Fsp3) is 0.263. The van der Waals surface area contributed by atoms with E-state index in [4.69, 9.17) is 4.98 Å². The summed E-state index contributed by atoms with van der Waals surface area (Å²) in [7, 11) is 0. The highest BCUT2D eigenvalue weighted by Crippen LogP contribution is 2.34. The molecule has 28 heavy (non-hydrogen) atoms. The second-order valence-electron chi connectivity index (χ2n) is 6.55. The molecule has 1 aliphatic rings. The van der Waals surface area contributed by atoms with Crippen LogP contribution in [0.15, 0.2) is 41.3 Å². The van der Waals surface area contributed by atoms with E-state index in [-0.39, 0.29) is 5.91 Å². The molecule has 1 fully saturated rings. The number of piperazine rings is 1. The van der Waals surface area contributed by atoms with E-state index in [2.05, 4.69) is 38.1 Å². The van der Waals surface area contributed by atoms with Crippen molar-refractivity contribution in [1.82, 2.24) is 18.6 Å². The maximum absolute atomic E-state index is 12.9. The lowest BCUT2D eigenvalue weighted by Gasteiger charge is -2.34. The number of aromatic nitrogens is 3. The molecule has 1 aliphatic heterocycles. The van der Waals surface area contributed by atoms with Crippen LogP contribution >= 0.6 is 34.8 Å². The molecule has 0 N–H and O–H groups in total. The number of carbonyl (C=O) groups is 1. The number of thioether (sulfide) groups is 1. The average Bonchev–Trinajstić information content (AvgIpc) is 3.39. The molecule has 2 aromatic carbocycles. The summed E-state index contributed by atoms with van der Waals surface area (Å²) in [5, 5.41) is 1.04. The second-order valence-corrected chi connectivity index (χ2v) is 8.94. The Bertz CT molecular complexity index is 1160. The first-order chi connectivity index (χ1) is 13.7. The Kier molecular flexibility index (Phi) is 4.65. The van der Waals surface area contributed by atoms with Crippen molar-refractivity contribution >= 4 is 67.1 Å². The van der Waals surface area contributed by atoms with Gasteiger partial charge in [0.25, 0.3) is 5.91 Å². The summed E-state index contributed by atoms with van der Waals surface area (Å²) in [6.45, 7) is 2.97. The summed E-state index contributed by atoms with van der Waals surface area (Å²) >= 11 is 4.62. The van der Waals surface area contributed by atoms with Gasteiger partial charge in [0.1, 0.15) is 11.0 Å². The van der Waals surface area contributed by atoms with E-state index < -0.39 is 0 Å². The number of rotatable bonds is 3. The summed E-state index contributed by atoms with van der Waals surface area (Å²) in [5.41, 5.74) is 3.39. The molecule has 0 radical (unpaired) electrons. The third kappa shape index (κ3) is 3.13. The molecule has 142 valence electrons. The van der Waals surface area contributed by atoms with Crippen molar-refractivity contribution in [3.8, 4) is 0 Å². The fourth-order valence-corrected chi connectivity index (χ4v) is 5.60. The second kappa shape index (κ2) is 7.31. The molecule has 0 bridgehead atoms. The largest absolute Gasteiger partial charge is 0.345 e. The van der Waals surface area contributed by atoms with E-state index in [1.807, 2.05) is 23.1 Å². The van der Waals surface area contributed by atoms with E-state index in [0.717, 1.165) is 34.8 Å². The van der Waals surface area contributed by atoms with Crippen LogP contribution in [0.4, 0.5) is 5.13 Å². The number of thiazole rings is 1. The van der Waals surface area contributed by atoms with E-state index in [1.54, 1.807) is 23.1 Å². The fourth-order valence-electron chi connectivity index (χ4n) is 3.41. The summed E-state index contributed by atoms with van der Waals surface area (Å²) in [6, 6.07) is 11.9. The van der Waals surface area contributed by atoms with Gasteiger partial charge in [0.15, 0.2) is 5.13 Å². The normalized spacial score (nSPS) is 14.9. The lowest BCUT2D eigenvalue weighted by molar-refractivity contribution is 0.0747. The highest BCUT2D eigenvalue weighted by Gasteiger charge is 2.24. The first kappa shape index (κ1) is 17.8. The number of amides is 1. The summed E-state index contributed by atoms with van der Waals surface area (Å²) in [5.74, 6) is 0.0588. The average molecular weight is 428 g/mol. The Morgan fingerprint density at radius 2 is 1.89 bits per heavy atom. The Morgan fingerprint density at radius 1 is 1.07 bits per heavy atom. The number of hydrogen-bond donors (Lipinski definition) is 0. The minimum Gasteiger partial charge on any atom is -0.345 e. The van der Waals surface area contributed by atoms with E-state index in [0.29, 0.717) is 18.7 Å². The van der Waals surface area contributed by atoms with Crippen LogP contribution in [0.3, 0.4) is 0 Å². The number of benzene rings is 2. The smallest absolute Gasteiger partial charge is 0.254 e. The van der Waals surface area contributed by atoms with Crippen LogP contribution in [-0.2, 0) is 0 Å². The van der Waals surface area contributed by atoms with Crippen LogP contribution in [0, 0.1) is 0 Å². The molecule has 4 aromatic rings. The van der Waals surface area contributed by atoms with Crippen LogP contribution in [-0.4, -0.2) is 57.0 Å². The van der Waals surface area contributed by atoms with Crippen LogP contribution in [0.5, 0.6) is 0 Å². The molecule has 6 nitrogen and oxygen atoms in total. The minimum atomic E-state index is 0.0588. The Labute approximate surface area is 174 Å². The number of anilines is 1. The van der Waals surface area contributed by atoms with Gasteiger partial charge in [-0.15, -0.1) is 11.8 Å². The van der Waals surface area contributed by atoms with Crippen molar-refractivity contribution in [1.29, 1.82) is 0 Å². The number of carbonyl (C=O) groups excluding carboxylic acids is 1. The molecule has 1 amide bonds. The molecule has 1 saturated heterocycles. The van der Waals surface area contributed by atoms with Gasteiger partial charge in [-0.2, -0.15) is 8.75 Å². The van der Waals surface area contributed by atoms with Gasteiger partial charge in [-0.25, -0.2) is 4.98 Å². The number of para-hydroxylation sites is 1. The Balaban J connectivity index is 1.31. The zero-order chi connectivity index (χ0) is 19.1. The topological polar surface area (TPSA) is 62.2 Å². The minimum absolute atomic E-state index is 0.0588. The molecule has 9 heteroatoms. The van der Waals surface area contributed by atoms with Gasteiger partial charge in [-0.1, -0.05) is 17.4 Å². The highest BCUT2D eigenvalue weighted by molar-refractivity contribution is 7.98. The Morgan fingerprint density at radius 3 is 2.71 bits per heavy atom. The molecule has 5 rings (SSSR count). The van der Waals surface area contributed by atoms with Crippen molar-refractivity contribution < 1.29 is 4.79 Å². The zero-order valence-electron chi connectivity index (χ0n) is 15.2. The molecule has 2 aromatic heterocycles. The molecule has 0 spiro atoms. The van der Waals surface area contributed by atoms with Crippen molar-refractivity contribution in [3.05, 3.63) is 42.0 Å². The van der Waals surface area contributed by atoms with Crippen LogP contribution < -0.4 is 4.90 Å². The monoisotopic (exact) mass is 427 g/mol. The molecular formula is C19H17N5OS3. The van der Waals surface area contributed by atoms with Gasteiger partial charge in [-0.05, 0) is 36.6 Å². The molecule has 0 atom stereocenters. The number of nitrogens with zero attached hydrogens (tertiary/aromatic N) is 5. The van der Waals surface area contributed by atoms with Gasteiger partial charge in [-0.3, -0.25) is 4.79 Å². The third-order valence-electron chi connectivity index (χ3n) is 4.93. The van der Waals surface area contributed by atoms with Crippen LogP contribution in [0.1, 0.15) is 10.4 Å². The maximum Gasteiger partial charge on any atom is 0.254 e. The van der Waals surface area contributed by atoms with Gasteiger partial charge >= 0.3 is 0 Å². The lowest BCUT2D eigenvalue weighted by Crippen LogP contribution is -2.48. The van der Waals surface area contributed by atoms with Crippen molar-refractivity contribution in [2.24, 2.45) is 0 Å². The van der Waals surface area contributed by atoms with E-state index in [9.17, 15) is 4.79 Å². The summed E-state index contributed by atoms with van der Waals surface area (Å²) < 4.78 is 9.65. The predicted molar refractivity (Wildman–Crippen MR) is 117 cm³/mol. The van der Waals surface area contributed by atoms with Crippen molar-refractivity contribution in [2.75, 3.05) is 37.3 Å². The Hall–Kier alpha value is -2.23. The SMILES string of the molecule is CSc1cccc2sc(N3CCN(C(=O)c4ccc5nsnc5c4)CC3)nc12. The molecule has 0 saturated carbocycles. The van der Waals surface area contributed by atoms with Gasteiger partial charge in [0.2, 0.25) is 0 Å². The quantitative estimate of drug-likeness (QED) is 0.461. The van der Waals surface area contributed by atoms with Gasteiger partial charge in [0.05, 0.1) is 21.9 Å². The van der Waals surface area contributed by atoms with Crippen molar-refractivity contribution in [3.63, 3.8) is 0 Å². The zero-order valence-corrected chi connectivity index (χ0v) is 17.6. The molecular weight excluding hydrogens is 410 g/mol. The highest BCUT2D eigenvalue weighted by atomic mass is 32.2. The molecule has 0 unspecified atom stereocenters. The third-order valence-corrected chi connectivity index (χ3v) is 7.34. The van der Waals surface area contributed by atoms with Gasteiger partial charge in [0, 0.05) is 36.6 Å². The number of fused-ring (bicyclic) bond motifs is 2. The van der Waals surface area contributed by atoms with Crippen molar-refractivity contribution in [2.45, 2.75) is 4.90 Å². The molecule has 0 aliphatic carbocycles.